The molecule has 0 radical (unpaired) electrons. The molecule has 2 aliphatic rings. The van der Waals surface area contributed by atoms with Gasteiger partial charge in [0.15, 0.2) is 0 Å². The molecule has 3 heterocycles. The van der Waals surface area contributed by atoms with Crippen molar-refractivity contribution in [1.82, 2.24) is 10.3 Å². The van der Waals surface area contributed by atoms with Crippen molar-refractivity contribution in [2.24, 2.45) is 0 Å². The molecule has 0 amide bonds. The first-order valence-corrected chi connectivity index (χ1v) is 8.86. The molecule has 3 heteroatoms. The minimum Gasteiger partial charge on any atom is -0.369 e. The van der Waals surface area contributed by atoms with Crippen LogP contribution in [-0.2, 0) is 0 Å². The van der Waals surface area contributed by atoms with E-state index in [2.05, 4.69) is 58.9 Å². The fraction of sp³-hybridized carbons (Fsp3) is 0.450. The second-order valence-corrected chi connectivity index (χ2v) is 5.50. The molecule has 4 unspecified atom stereocenters. The van der Waals surface area contributed by atoms with Gasteiger partial charge in [0.2, 0.25) is 0 Å². The molecule has 4 rings (SSSR count). The van der Waals surface area contributed by atoms with Gasteiger partial charge in [0.05, 0.1) is 6.17 Å². The van der Waals surface area contributed by atoms with Crippen LogP contribution in [0, 0.1) is 0 Å². The van der Waals surface area contributed by atoms with E-state index in [-0.39, 0.29) is 0 Å². The van der Waals surface area contributed by atoms with Crippen molar-refractivity contribution >= 4 is 5.69 Å². The number of anilines is 1. The van der Waals surface area contributed by atoms with Gasteiger partial charge in [-0.2, -0.15) is 0 Å². The predicted molar refractivity (Wildman–Crippen MR) is 98.9 cm³/mol. The van der Waals surface area contributed by atoms with Crippen LogP contribution >= 0.6 is 0 Å². The molecule has 2 aromatic rings. The Morgan fingerprint density at radius 1 is 0.913 bits per heavy atom. The average molecular weight is 311 g/mol. The Balaban J connectivity index is 0.000000448. The van der Waals surface area contributed by atoms with Crippen LogP contribution in [0.3, 0.4) is 0 Å². The van der Waals surface area contributed by atoms with E-state index in [0.717, 1.165) is 0 Å². The molecule has 23 heavy (non-hydrogen) atoms. The lowest BCUT2D eigenvalue weighted by molar-refractivity contribution is 0.567. The summed E-state index contributed by atoms with van der Waals surface area (Å²) >= 11 is 0. The van der Waals surface area contributed by atoms with Crippen LogP contribution in [0.5, 0.6) is 0 Å². The summed E-state index contributed by atoms with van der Waals surface area (Å²) in [6.45, 7) is 10.3. The van der Waals surface area contributed by atoms with E-state index in [1.54, 1.807) is 0 Å². The van der Waals surface area contributed by atoms with Crippen LogP contribution in [0.4, 0.5) is 5.69 Å². The average Bonchev–Trinajstić information content (AvgIpc) is 3.13. The SMILES string of the molecule is CC.CC.CC1NC2Nc3ccncc3C2C1c1ccccc1. The smallest absolute Gasteiger partial charge is 0.0848 e. The third-order valence-electron chi connectivity index (χ3n) is 4.43. The second kappa shape index (κ2) is 8.11. The molecule has 1 fully saturated rings. The highest BCUT2D eigenvalue weighted by molar-refractivity contribution is 5.60. The third-order valence-corrected chi connectivity index (χ3v) is 4.43. The fourth-order valence-corrected chi connectivity index (χ4v) is 3.66. The van der Waals surface area contributed by atoms with Gasteiger partial charge in [0, 0.05) is 41.5 Å². The molecule has 0 spiro atoms. The Hall–Kier alpha value is -1.87. The van der Waals surface area contributed by atoms with Gasteiger partial charge in [-0.25, -0.2) is 0 Å². The van der Waals surface area contributed by atoms with Gasteiger partial charge in [0.25, 0.3) is 0 Å². The molecule has 2 N–H and O–H groups in total. The largest absolute Gasteiger partial charge is 0.369 e. The fourth-order valence-electron chi connectivity index (χ4n) is 3.66. The summed E-state index contributed by atoms with van der Waals surface area (Å²) < 4.78 is 0. The van der Waals surface area contributed by atoms with Crippen molar-refractivity contribution in [3.8, 4) is 0 Å². The summed E-state index contributed by atoms with van der Waals surface area (Å²) in [6, 6.07) is 13.3. The minimum absolute atomic E-state index is 0.333. The number of nitrogens with zero attached hydrogens (tertiary/aromatic N) is 1. The molecular formula is C20H29N3. The zero-order valence-electron chi connectivity index (χ0n) is 14.9. The van der Waals surface area contributed by atoms with Gasteiger partial charge < -0.3 is 5.32 Å². The maximum Gasteiger partial charge on any atom is 0.0848 e. The lowest BCUT2D eigenvalue weighted by atomic mass is 9.81. The number of hydrogen-bond donors (Lipinski definition) is 2. The highest BCUT2D eigenvalue weighted by atomic mass is 15.2. The summed E-state index contributed by atoms with van der Waals surface area (Å²) in [7, 11) is 0. The maximum atomic E-state index is 4.30. The van der Waals surface area contributed by atoms with Gasteiger partial charge in [-0.1, -0.05) is 58.0 Å². The molecule has 0 aliphatic carbocycles. The number of nitrogens with one attached hydrogen (secondary N) is 2. The van der Waals surface area contributed by atoms with Crippen molar-refractivity contribution in [2.45, 2.75) is 58.7 Å². The number of pyridine rings is 1. The molecule has 2 aliphatic heterocycles. The van der Waals surface area contributed by atoms with E-state index in [1.165, 1.54) is 16.8 Å². The monoisotopic (exact) mass is 311 g/mol. The molecule has 4 atom stereocenters. The Morgan fingerprint density at radius 2 is 1.61 bits per heavy atom. The quantitative estimate of drug-likeness (QED) is 0.798. The number of aromatic nitrogens is 1. The molecule has 124 valence electrons. The molecule has 0 bridgehead atoms. The van der Waals surface area contributed by atoms with Crippen LogP contribution in [0.1, 0.15) is 57.6 Å². The zero-order chi connectivity index (χ0) is 16.8. The highest BCUT2D eigenvalue weighted by Gasteiger charge is 2.46. The van der Waals surface area contributed by atoms with E-state index in [9.17, 15) is 0 Å². The standard InChI is InChI=1S/C16H17N3.2C2H6/c1-10-14(11-5-3-2-4-6-11)15-12-9-17-8-7-13(12)19-16(15)18-10;2*1-2/h2-10,14-16,18-19H,1H3;2*1-2H3. The number of hydrogen-bond acceptors (Lipinski definition) is 3. The normalized spacial score (nSPS) is 26.7. The first-order chi connectivity index (χ1) is 11.3. The van der Waals surface area contributed by atoms with Crippen molar-refractivity contribution in [3.63, 3.8) is 0 Å². The highest BCUT2D eigenvalue weighted by Crippen LogP contribution is 2.48. The molecule has 1 saturated heterocycles. The first kappa shape index (κ1) is 17.5. The Labute approximate surface area is 140 Å². The third kappa shape index (κ3) is 3.25. The van der Waals surface area contributed by atoms with Gasteiger partial charge in [-0.15, -0.1) is 0 Å². The Bertz CT molecular complexity index is 597. The van der Waals surface area contributed by atoms with E-state index < -0.39 is 0 Å². The van der Waals surface area contributed by atoms with Gasteiger partial charge >= 0.3 is 0 Å². The molecule has 1 aromatic heterocycles. The number of fused-ring (bicyclic) bond motifs is 3. The summed E-state index contributed by atoms with van der Waals surface area (Å²) in [5.41, 5.74) is 3.98. The molecule has 1 aromatic carbocycles. The van der Waals surface area contributed by atoms with E-state index in [0.29, 0.717) is 24.0 Å². The summed E-state index contributed by atoms with van der Waals surface area (Å²) in [5, 5.41) is 7.25. The first-order valence-electron chi connectivity index (χ1n) is 8.86. The minimum atomic E-state index is 0.333. The van der Waals surface area contributed by atoms with Crippen molar-refractivity contribution in [3.05, 3.63) is 59.9 Å². The van der Waals surface area contributed by atoms with Gasteiger partial charge in [-0.3, -0.25) is 10.3 Å². The number of benzene rings is 1. The Kier molecular flexibility index (Phi) is 6.17. The van der Waals surface area contributed by atoms with Crippen LogP contribution in [-0.4, -0.2) is 17.2 Å². The lowest BCUT2D eigenvalue weighted by Gasteiger charge is -2.21. The number of rotatable bonds is 1. The lowest BCUT2D eigenvalue weighted by Crippen LogP contribution is -2.33. The molecule has 3 nitrogen and oxygen atoms in total. The summed E-state index contributed by atoms with van der Waals surface area (Å²) in [6.07, 6.45) is 4.20. The van der Waals surface area contributed by atoms with Crippen molar-refractivity contribution in [2.75, 3.05) is 5.32 Å². The van der Waals surface area contributed by atoms with Crippen LogP contribution in [0.25, 0.3) is 0 Å². The summed E-state index contributed by atoms with van der Waals surface area (Å²) in [5.74, 6) is 0.977. The van der Waals surface area contributed by atoms with Gasteiger partial charge in [-0.05, 0) is 18.6 Å². The topological polar surface area (TPSA) is 37.0 Å². The van der Waals surface area contributed by atoms with E-state index in [1.807, 2.05) is 40.1 Å². The van der Waals surface area contributed by atoms with Crippen LogP contribution in [0.15, 0.2) is 48.8 Å². The molecular weight excluding hydrogens is 282 g/mol. The Morgan fingerprint density at radius 3 is 2.30 bits per heavy atom. The predicted octanol–water partition coefficient (Wildman–Crippen LogP) is 4.74. The van der Waals surface area contributed by atoms with E-state index >= 15 is 0 Å². The maximum absolute atomic E-state index is 4.30. The van der Waals surface area contributed by atoms with Crippen molar-refractivity contribution in [1.29, 1.82) is 0 Å². The second-order valence-electron chi connectivity index (χ2n) is 5.50. The zero-order valence-corrected chi connectivity index (χ0v) is 14.9. The van der Waals surface area contributed by atoms with Crippen LogP contribution < -0.4 is 10.6 Å². The van der Waals surface area contributed by atoms with Gasteiger partial charge in [0.1, 0.15) is 0 Å². The molecule has 0 saturated carbocycles. The summed E-state index contributed by atoms with van der Waals surface area (Å²) in [4.78, 5) is 4.30. The van der Waals surface area contributed by atoms with E-state index in [4.69, 9.17) is 0 Å². The van der Waals surface area contributed by atoms with Crippen LogP contribution in [0.2, 0.25) is 0 Å². The van der Waals surface area contributed by atoms with Crippen molar-refractivity contribution < 1.29 is 0 Å².